The van der Waals surface area contributed by atoms with Crippen LogP contribution in [0.4, 0.5) is 5.82 Å². The predicted octanol–water partition coefficient (Wildman–Crippen LogP) is 2.72. The molecule has 1 N–H and O–H groups in total. The van der Waals surface area contributed by atoms with Crippen molar-refractivity contribution in [1.82, 2.24) is 9.97 Å². The van der Waals surface area contributed by atoms with Crippen molar-refractivity contribution < 1.29 is 4.74 Å². The number of hydrogen-bond acceptors (Lipinski definition) is 4. The molecule has 0 radical (unpaired) electrons. The van der Waals surface area contributed by atoms with Gasteiger partial charge in [0.05, 0.1) is 7.11 Å². The summed E-state index contributed by atoms with van der Waals surface area (Å²) in [4.78, 5) is 8.15. The molecule has 1 rings (SSSR count). The molecular weight excluding hydrogens is 202 g/mol. The van der Waals surface area contributed by atoms with Crippen molar-refractivity contribution in [2.45, 2.75) is 39.7 Å². The molecule has 0 aliphatic carbocycles. The number of rotatable bonds is 6. The maximum absolute atomic E-state index is 5.06. The molecule has 90 valence electrons. The Balaban J connectivity index is 2.64. The van der Waals surface area contributed by atoms with Gasteiger partial charge in [-0.15, -0.1) is 0 Å². The Morgan fingerprint density at radius 1 is 1.31 bits per heavy atom. The Morgan fingerprint density at radius 3 is 2.56 bits per heavy atom. The van der Waals surface area contributed by atoms with Crippen LogP contribution in [0.1, 0.15) is 33.6 Å². The van der Waals surface area contributed by atoms with Crippen molar-refractivity contribution in [1.29, 1.82) is 0 Å². The number of nitrogens with one attached hydrogen (secondary N) is 1. The lowest BCUT2D eigenvalue weighted by Crippen LogP contribution is -2.25. The molecule has 0 amide bonds. The van der Waals surface area contributed by atoms with Gasteiger partial charge in [-0.3, -0.25) is 0 Å². The van der Waals surface area contributed by atoms with Crippen molar-refractivity contribution in [3.8, 4) is 5.88 Å². The minimum Gasteiger partial charge on any atom is -0.481 e. The molecule has 0 fully saturated rings. The van der Waals surface area contributed by atoms with Crippen LogP contribution in [0.5, 0.6) is 5.88 Å². The van der Waals surface area contributed by atoms with Crippen molar-refractivity contribution >= 4 is 5.82 Å². The molecule has 0 saturated carbocycles. The average molecular weight is 223 g/mol. The Hall–Kier alpha value is -1.32. The molecule has 1 atom stereocenters. The standard InChI is InChI=1S/C12H21N3O/c1-5-10(6-2)9(3)15-11-7-12(16-4)14-8-13-11/h7-10H,5-6H2,1-4H3,(H,13,14,15). The summed E-state index contributed by atoms with van der Waals surface area (Å²) in [5.41, 5.74) is 0. The molecule has 0 aliphatic rings. The van der Waals surface area contributed by atoms with Gasteiger partial charge >= 0.3 is 0 Å². The lowest BCUT2D eigenvalue weighted by Gasteiger charge is -2.22. The molecule has 1 heterocycles. The van der Waals surface area contributed by atoms with Gasteiger partial charge in [0.2, 0.25) is 5.88 Å². The molecule has 1 aromatic rings. The summed E-state index contributed by atoms with van der Waals surface area (Å²) in [7, 11) is 1.61. The second-order valence-electron chi connectivity index (χ2n) is 3.96. The highest BCUT2D eigenvalue weighted by Crippen LogP contribution is 2.18. The summed E-state index contributed by atoms with van der Waals surface area (Å²) >= 11 is 0. The van der Waals surface area contributed by atoms with Crippen molar-refractivity contribution in [3.63, 3.8) is 0 Å². The Morgan fingerprint density at radius 2 is 2.00 bits per heavy atom. The van der Waals surface area contributed by atoms with Gasteiger partial charge in [-0.05, 0) is 12.8 Å². The van der Waals surface area contributed by atoms with Gasteiger partial charge in [-0.1, -0.05) is 26.7 Å². The molecular formula is C12H21N3O. The number of anilines is 1. The lowest BCUT2D eigenvalue weighted by molar-refractivity contribution is 0.396. The van der Waals surface area contributed by atoms with E-state index in [2.05, 4.69) is 36.1 Å². The molecule has 1 unspecified atom stereocenters. The van der Waals surface area contributed by atoms with E-state index in [1.807, 2.05) is 6.07 Å². The predicted molar refractivity (Wildman–Crippen MR) is 65.7 cm³/mol. The minimum atomic E-state index is 0.412. The molecule has 4 nitrogen and oxygen atoms in total. The van der Waals surface area contributed by atoms with Crippen LogP contribution in [0.3, 0.4) is 0 Å². The highest BCUT2D eigenvalue weighted by atomic mass is 16.5. The topological polar surface area (TPSA) is 47.0 Å². The van der Waals surface area contributed by atoms with Gasteiger partial charge in [-0.2, -0.15) is 0 Å². The molecule has 0 saturated heterocycles. The van der Waals surface area contributed by atoms with E-state index in [1.165, 1.54) is 19.2 Å². The van der Waals surface area contributed by atoms with E-state index < -0.39 is 0 Å². The first-order valence-corrected chi connectivity index (χ1v) is 5.83. The van der Waals surface area contributed by atoms with Crippen LogP contribution in [0.2, 0.25) is 0 Å². The van der Waals surface area contributed by atoms with Crippen molar-refractivity contribution in [2.75, 3.05) is 12.4 Å². The van der Waals surface area contributed by atoms with Crippen molar-refractivity contribution in [3.05, 3.63) is 12.4 Å². The monoisotopic (exact) mass is 223 g/mol. The zero-order valence-corrected chi connectivity index (χ0v) is 10.5. The van der Waals surface area contributed by atoms with Crippen LogP contribution < -0.4 is 10.1 Å². The number of hydrogen-bond donors (Lipinski definition) is 1. The third-order valence-corrected chi connectivity index (χ3v) is 2.98. The zero-order valence-electron chi connectivity index (χ0n) is 10.5. The summed E-state index contributed by atoms with van der Waals surface area (Å²) in [6, 6.07) is 2.23. The number of methoxy groups -OCH3 is 1. The first-order valence-electron chi connectivity index (χ1n) is 5.83. The molecule has 0 bridgehead atoms. The summed E-state index contributed by atoms with van der Waals surface area (Å²) in [5.74, 6) is 2.08. The highest BCUT2D eigenvalue weighted by molar-refractivity contribution is 5.38. The average Bonchev–Trinajstić information content (AvgIpc) is 2.31. The molecule has 1 aromatic heterocycles. The van der Waals surface area contributed by atoms with Gasteiger partial charge in [0.15, 0.2) is 0 Å². The van der Waals surface area contributed by atoms with Gasteiger partial charge in [-0.25, -0.2) is 9.97 Å². The van der Waals surface area contributed by atoms with Crippen molar-refractivity contribution in [2.24, 2.45) is 5.92 Å². The van der Waals surface area contributed by atoms with Crippen LogP contribution >= 0.6 is 0 Å². The van der Waals surface area contributed by atoms with Crippen LogP contribution in [-0.2, 0) is 0 Å². The normalized spacial score (nSPS) is 12.6. The quantitative estimate of drug-likeness (QED) is 0.805. The van der Waals surface area contributed by atoms with Crippen LogP contribution in [-0.4, -0.2) is 23.1 Å². The third kappa shape index (κ3) is 3.36. The molecule has 16 heavy (non-hydrogen) atoms. The first kappa shape index (κ1) is 12.7. The largest absolute Gasteiger partial charge is 0.481 e. The SMILES string of the molecule is CCC(CC)C(C)Nc1cc(OC)ncn1. The summed E-state index contributed by atoms with van der Waals surface area (Å²) in [6.07, 6.45) is 3.86. The van der Waals surface area contributed by atoms with Gasteiger partial charge in [0.1, 0.15) is 12.1 Å². The number of nitrogens with zero attached hydrogens (tertiary/aromatic N) is 2. The van der Waals surface area contributed by atoms with E-state index in [0.717, 1.165) is 5.82 Å². The Bertz CT molecular complexity index is 313. The first-order chi connectivity index (χ1) is 7.71. The number of aromatic nitrogens is 2. The molecule has 0 spiro atoms. The number of ether oxygens (including phenoxy) is 1. The molecule has 0 aliphatic heterocycles. The maximum atomic E-state index is 5.06. The van der Waals surface area contributed by atoms with Gasteiger partial charge in [0, 0.05) is 12.1 Å². The van der Waals surface area contributed by atoms with E-state index in [0.29, 0.717) is 17.8 Å². The highest BCUT2D eigenvalue weighted by Gasteiger charge is 2.13. The van der Waals surface area contributed by atoms with Crippen LogP contribution in [0.25, 0.3) is 0 Å². The van der Waals surface area contributed by atoms with Gasteiger partial charge < -0.3 is 10.1 Å². The van der Waals surface area contributed by atoms with E-state index in [4.69, 9.17) is 4.74 Å². The maximum Gasteiger partial charge on any atom is 0.218 e. The summed E-state index contributed by atoms with van der Waals surface area (Å²) in [5, 5.41) is 3.39. The van der Waals surface area contributed by atoms with Crippen LogP contribution in [0, 0.1) is 5.92 Å². The second-order valence-corrected chi connectivity index (χ2v) is 3.96. The Kier molecular flexibility index (Phi) is 5.02. The smallest absolute Gasteiger partial charge is 0.218 e. The van der Waals surface area contributed by atoms with E-state index in [1.54, 1.807) is 7.11 Å². The Labute approximate surface area is 97.5 Å². The molecule has 4 heteroatoms. The van der Waals surface area contributed by atoms with E-state index in [9.17, 15) is 0 Å². The lowest BCUT2D eigenvalue weighted by atomic mass is 9.95. The minimum absolute atomic E-state index is 0.412. The van der Waals surface area contributed by atoms with E-state index in [-0.39, 0.29) is 0 Å². The fourth-order valence-electron chi connectivity index (χ4n) is 1.88. The fourth-order valence-corrected chi connectivity index (χ4v) is 1.88. The third-order valence-electron chi connectivity index (χ3n) is 2.98. The van der Waals surface area contributed by atoms with Crippen LogP contribution in [0.15, 0.2) is 12.4 Å². The zero-order chi connectivity index (χ0) is 12.0. The summed E-state index contributed by atoms with van der Waals surface area (Å²) < 4.78 is 5.06. The van der Waals surface area contributed by atoms with Gasteiger partial charge in [0.25, 0.3) is 0 Å². The molecule has 0 aromatic carbocycles. The fraction of sp³-hybridized carbons (Fsp3) is 0.667. The van der Waals surface area contributed by atoms with E-state index >= 15 is 0 Å². The summed E-state index contributed by atoms with van der Waals surface area (Å²) in [6.45, 7) is 6.62. The second kappa shape index (κ2) is 6.30.